The molecule has 0 aliphatic carbocycles. The zero-order valence-corrected chi connectivity index (χ0v) is 12.1. The number of para-hydroxylation sites is 2. The first-order chi connectivity index (χ1) is 9.16. The van der Waals surface area contributed by atoms with Crippen molar-refractivity contribution in [3.63, 3.8) is 0 Å². The van der Waals surface area contributed by atoms with Crippen molar-refractivity contribution in [3.05, 3.63) is 30.1 Å². The summed E-state index contributed by atoms with van der Waals surface area (Å²) >= 11 is 0. The number of hydrogen-bond acceptors (Lipinski definition) is 3. The molecule has 1 aliphatic rings. The Bertz CT molecular complexity index is 622. The number of hydrogen-bond donors (Lipinski definition) is 1. The molecule has 3 rings (SSSR count). The van der Waals surface area contributed by atoms with Gasteiger partial charge >= 0.3 is 0 Å². The highest BCUT2D eigenvalue weighted by molar-refractivity contribution is 7.85. The molecule has 3 unspecified atom stereocenters. The Morgan fingerprint density at radius 3 is 3.00 bits per heavy atom. The molecular weight excluding hydrogens is 258 g/mol. The molecule has 19 heavy (non-hydrogen) atoms. The maximum Gasteiger partial charge on any atom is 0.127 e. The minimum absolute atomic E-state index is 0.0863. The van der Waals surface area contributed by atoms with Crippen molar-refractivity contribution in [1.82, 2.24) is 14.9 Å². The first-order valence-corrected chi connectivity index (χ1v) is 8.07. The average Bonchev–Trinajstić information content (AvgIpc) is 2.65. The van der Waals surface area contributed by atoms with Gasteiger partial charge in [-0.15, -0.1) is 0 Å². The van der Waals surface area contributed by atoms with Crippen LogP contribution in [0.25, 0.3) is 11.0 Å². The van der Waals surface area contributed by atoms with Crippen LogP contribution >= 0.6 is 0 Å². The minimum Gasteiger partial charge on any atom is -0.330 e. The van der Waals surface area contributed by atoms with E-state index < -0.39 is 10.8 Å². The molecule has 0 bridgehead atoms. The number of benzene rings is 1. The van der Waals surface area contributed by atoms with Crippen LogP contribution < -0.4 is 5.32 Å². The maximum atomic E-state index is 12.2. The summed E-state index contributed by atoms with van der Waals surface area (Å²) in [6.45, 7) is 2.97. The Morgan fingerprint density at radius 2 is 2.21 bits per heavy atom. The second-order valence-electron chi connectivity index (χ2n) is 5.17. The summed E-state index contributed by atoms with van der Waals surface area (Å²) in [7, 11) is 1.25. The quantitative estimate of drug-likeness (QED) is 0.864. The summed E-state index contributed by atoms with van der Waals surface area (Å²) in [5.41, 5.74) is 2.13. The molecule has 3 atom stereocenters. The highest BCUT2D eigenvalue weighted by Crippen LogP contribution is 2.22. The molecule has 2 aromatic rings. The van der Waals surface area contributed by atoms with Gasteiger partial charge in [-0.1, -0.05) is 19.1 Å². The molecule has 0 radical (unpaired) electrons. The van der Waals surface area contributed by atoms with Crippen LogP contribution in [0.15, 0.2) is 24.3 Å². The summed E-state index contributed by atoms with van der Waals surface area (Å²) in [6.07, 6.45) is 0.965. The van der Waals surface area contributed by atoms with Gasteiger partial charge in [0.25, 0.3) is 0 Å². The van der Waals surface area contributed by atoms with Crippen LogP contribution in [0.2, 0.25) is 0 Å². The fourth-order valence-electron chi connectivity index (χ4n) is 2.62. The van der Waals surface area contributed by atoms with Crippen molar-refractivity contribution in [3.8, 4) is 0 Å². The smallest absolute Gasteiger partial charge is 0.127 e. The molecule has 1 aromatic carbocycles. The standard InChI is InChI=1S/C14H19N3OS/c1-10-7-8-15-12(9-19(10)18)14-16-11-5-3-4-6-13(11)17(14)2/h3-6,10,12,15H,7-9H2,1-2H3. The third kappa shape index (κ3) is 2.32. The molecule has 1 fully saturated rings. The summed E-state index contributed by atoms with van der Waals surface area (Å²) in [6, 6.07) is 8.20. The van der Waals surface area contributed by atoms with Gasteiger partial charge in [0.2, 0.25) is 0 Å². The van der Waals surface area contributed by atoms with Crippen molar-refractivity contribution >= 4 is 21.8 Å². The molecule has 102 valence electrons. The molecule has 0 spiro atoms. The Morgan fingerprint density at radius 1 is 1.42 bits per heavy atom. The third-order valence-electron chi connectivity index (χ3n) is 3.85. The van der Waals surface area contributed by atoms with E-state index in [0.717, 1.165) is 29.8 Å². The third-order valence-corrected chi connectivity index (χ3v) is 5.65. The molecule has 1 aliphatic heterocycles. The largest absolute Gasteiger partial charge is 0.330 e. The first-order valence-electron chi connectivity index (χ1n) is 6.68. The lowest BCUT2D eigenvalue weighted by molar-refractivity contribution is 0.540. The second kappa shape index (κ2) is 5.06. The average molecular weight is 277 g/mol. The predicted octanol–water partition coefficient (Wildman–Crippen LogP) is 1.74. The van der Waals surface area contributed by atoms with Crippen molar-refractivity contribution in [2.45, 2.75) is 24.6 Å². The van der Waals surface area contributed by atoms with Crippen LogP contribution in [-0.2, 0) is 17.8 Å². The van der Waals surface area contributed by atoms with Gasteiger partial charge in [-0.05, 0) is 25.1 Å². The van der Waals surface area contributed by atoms with Crippen molar-refractivity contribution in [1.29, 1.82) is 0 Å². The number of fused-ring (bicyclic) bond motifs is 1. The van der Waals surface area contributed by atoms with E-state index in [0.29, 0.717) is 5.75 Å². The minimum atomic E-state index is -0.779. The molecular formula is C14H19N3OS. The molecule has 0 amide bonds. The van der Waals surface area contributed by atoms with Gasteiger partial charge in [0.1, 0.15) is 5.82 Å². The Labute approximate surface area is 115 Å². The number of nitrogens with zero attached hydrogens (tertiary/aromatic N) is 2. The molecule has 0 saturated carbocycles. The molecule has 5 heteroatoms. The molecule has 4 nitrogen and oxygen atoms in total. The molecule has 2 heterocycles. The first kappa shape index (κ1) is 12.8. The van der Waals surface area contributed by atoms with Crippen LogP contribution in [0.1, 0.15) is 25.2 Å². The van der Waals surface area contributed by atoms with Gasteiger partial charge in [-0.25, -0.2) is 4.98 Å². The normalized spacial score (nSPS) is 28.4. The van der Waals surface area contributed by atoms with Crippen LogP contribution in [0.5, 0.6) is 0 Å². The lowest BCUT2D eigenvalue weighted by Gasteiger charge is -2.15. The number of imidazole rings is 1. The molecule has 1 aromatic heterocycles. The van der Waals surface area contributed by atoms with E-state index in [4.69, 9.17) is 4.98 Å². The summed E-state index contributed by atoms with van der Waals surface area (Å²) in [5, 5.41) is 3.75. The Balaban J connectivity index is 1.99. The SMILES string of the molecule is CC1CCNC(c2nc3ccccc3n2C)CS1=O. The second-order valence-corrected chi connectivity index (χ2v) is 7.07. The zero-order chi connectivity index (χ0) is 13.4. The van der Waals surface area contributed by atoms with Gasteiger partial charge in [0.05, 0.1) is 17.1 Å². The van der Waals surface area contributed by atoms with Crippen LogP contribution in [0.3, 0.4) is 0 Å². The number of nitrogens with one attached hydrogen (secondary N) is 1. The molecule has 1 saturated heterocycles. The topological polar surface area (TPSA) is 46.9 Å². The van der Waals surface area contributed by atoms with Crippen LogP contribution in [-0.4, -0.2) is 31.3 Å². The lowest BCUT2D eigenvalue weighted by Crippen LogP contribution is -2.26. The van der Waals surface area contributed by atoms with Crippen LogP contribution in [0.4, 0.5) is 0 Å². The Kier molecular flexibility index (Phi) is 3.41. The zero-order valence-electron chi connectivity index (χ0n) is 11.3. The monoisotopic (exact) mass is 277 g/mol. The van der Waals surface area contributed by atoms with Gasteiger partial charge in [-0.3, -0.25) is 4.21 Å². The number of aromatic nitrogens is 2. The van der Waals surface area contributed by atoms with Gasteiger partial charge < -0.3 is 9.88 Å². The number of aryl methyl sites for hydroxylation is 1. The molecule has 1 N–H and O–H groups in total. The Hall–Kier alpha value is -1.20. The van der Waals surface area contributed by atoms with E-state index in [1.165, 1.54) is 0 Å². The number of rotatable bonds is 1. The van der Waals surface area contributed by atoms with Gasteiger partial charge in [0, 0.05) is 28.9 Å². The van der Waals surface area contributed by atoms with Crippen LogP contribution in [0, 0.1) is 0 Å². The van der Waals surface area contributed by atoms with Crippen molar-refractivity contribution in [2.75, 3.05) is 12.3 Å². The van der Waals surface area contributed by atoms with E-state index in [2.05, 4.69) is 22.9 Å². The van der Waals surface area contributed by atoms with Gasteiger partial charge in [-0.2, -0.15) is 0 Å². The van der Waals surface area contributed by atoms with Crippen molar-refractivity contribution < 1.29 is 4.21 Å². The van der Waals surface area contributed by atoms with E-state index in [-0.39, 0.29) is 11.3 Å². The fourth-order valence-corrected chi connectivity index (χ4v) is 3.93. The maximum absolute atomic E-state index is 12.2. The highest BCUT2D eigenvalue weighted by Gasteiger charge is 2.26. The van der Waals surface area contributed by atoms with Gasteiger partial charge in [0.15, 0.2) is 0 Å². The summed E-state index contributed by atoms with van der Waals surface area (Å²) in [5.74, 6) is 1.64. The van der Waals surface area contributed by atoms with E-state index in [1.807, 2.05) is 25.2 Å². The summed E-state index contributed by atoms with van der Waals surface area (Å²) < 4.78 is 14.3. The van der Waals surface area contributed by atoms with E-state index in [9.17, 15) is 4.21 Å². The van der Waals surface area contributed by atoms with E-state index >= 15 is 0 Å². The van der Waals surface area contributed by atoms with E-state index in [1.54, 1.807) is 0 Å². The lowest BCUT2D eigenvalue weighted by atomic mass is 10.3. The fraction of sp³-hybridized carbons (Fsp3) is 0.500. The predicted molar refractivity (Wildman–Crippen MR) is 78.5 cm³/mol. The van der Waals surface area contributed by atoms with Crippen molar-refractivity contribution in [2.24, 2.45) is 7.05 Å². The highest BCUT2D eigenvalue weighted by atomic mass is 32.2. The summed E-state index contributed by atoms with van der Waals surface area (Å²) in [4.78, 5) is 4.70.